The Bertz CT molecular complexity index is 918. The summed E-state index contributed by atoms with van der Waals surface area (Å²) in [5.41, 5.74) is 1.21. The summed E-state index contributed by atoms with van der Waals surface area (Å²) in [6.45, 7) is 4.12. The van der Waals surface area contributed by atoms with E-state index in [0.29, 0.717) is 15.7 Å². The Morgan fingerprint density at radius 1 is 0.966 bits per heavy atom. The highest BCUT2D eigenvalue weighted by atomic mass is 35.5. The normalized spacial score (nSPS) is 15.3. The van der Waals surface area contributed by atoms with Crippen LogP contribution in [0.4, 0.5) is 11.4 Å². The number of halogens is 3. The molecule has 1 N–H and O–H groups in total. The Morgan fingerprint density at radius 3 is 2.28 bits per heavy atom. The van der Waals surface area contributed by atoms with Crippen LogP contribution in [-0.2, 0) is 11.3 Å². The first-order valence-electron chi connectivity index (χ1n) is 8.94. The van der Waals surface area contributed by atoms with Crippen LogP contribution in [0.1, 0.15) is 5.56 Å². The number of carbonyl (C=O) groups excluding carboxylic acids is 1. The smallest absolute Gasteiger partial charge is 0.289 e. The third-order valence-electron chi connectivity index (χ3n) is 4.65. The van der Waals surface area contributed by atoms with Crippen molar-refractivity contribution >= 4 is 52.1 Å². The van der Waals surface area contributed by atoms with Gasteiger partial charge in [-0.25, -0.2) is 0 Å². The first kappa shape index (κ1) is 21.8. The van der Waals surface area contributed by atoms with Crippen molar-refractivity contribution in [2.45, 2.75) is 6.54 Å². The van der Waals surface area contributed by atoms with Crippen LogP contribution in [0.25, 0.3) is 0 Å². The fourth-order valence-corrected chi connectivity index (χ4v) is 3.64. The molecular formula is C19H19Cl3N4O3. The monoisotopic (exact) mass is 456 g/mol. The molecule has 10 heteroatoms. The average molecular weight is 458 g/mol. The molecule has 7 nitrogen and oxygen atoms in total. The molecule has 154 valence electrons. The maximum absolute atomic E-state index is 12.3. The maximum Gasteiger partial charge on any atom is 0.289 e. The van der Waals surface area contributed by atoms with E-state index in [0.717, 1.165) is 38.3 Å². The molecular weight excluding hydrogens is 439 g/mol. The van der Waals surface area contributed by atoms with E-state index < -0.39 is 4.92 Å². The largest absolute Gasteiger partial charge is 0.325 e. The van der Waals surface area contributed by atoms with Crippen LogP contribution in [-0.4, -0.2) is 53.4 Å². The van der Waals surface area contributed by atoms with E-state index >= 15 is 0 Å². The van der Waals surface area contributed by atoms with Crippen LogP contribution < -0.4 is 5.32 Å². The van der Waals surface area contributed by atoms with E-state index in [-0.39, 0.29) is 23.2 Å². The third-order valence-corrected chi connectivity index (χ3v) is 5.71. The molecule has 0 atom stereocenters. The predicted molar refractivity (Wildman–Crippen MR) is 115 cm³/mol. The number of piperazine rings is 1. The summed E-state index contributed by atoms with van der Waals surface area (Å²) in [6, 6.07) is 9.82. The highest BCUT2D eigenvalue weighted by Crippen LogP contribution is 2.27. The molecule has 1 aliphatic heterocycles. The zero-order valence-corrected chi connectivity index (χ0v) is 17.7. The fraction of sp³-hybridized carbons (Fsp3) is 0.316. The number of carbonyl (C=O) groups is 1. The van der Waals surface area contributed by atoms with Crippen molar-refractivity contribution in [3.63, 3.8) is 0 Å². The highest BCUT2D eigenvalue weighted by molar-refractivity contribution is 6.42. The second-order valence-electron chi connectivity index (χ2n) is 6.77. The molecule has 0 spiro atoms. The number of nitro groups is 1. The van der Waals surface area contributed by atoms with Crippen molar-refractivity contribution in [2.75, 3.05) is 38.0 Å². The summed E-state index contributed by atoms with van der Waals surface area (Å²) in [6.07, 6.45) is 0. The minimum Gasteiger partial charge on any atom is -0.325 e. The van der Waals surface area contributed by atoms with Crippen molar-refractivity contribution in [1.82, 2.24) is 9.80 Å². The lowest BCUT2D eigenvalue weighted by Gasteiger charge is -2.34. The third kappa shape index (κ3) is 6.04. The number of nitro benzene ring substituents is 1. The Kier molecular flexibility index (Phi) is 7.32. The summed E-state index contributed by atoms with van der Waals surface area (Å²) in [5, 5.41) is 14.8. The number of benzene rings is 2. The van der Waals surface area contributed by atoms with E-state index in [4.69, 9.17) is 34.8 Å². The number of anilines is 1. The average Bonchev–Trinajstić information content (AvgIpc) is 2.67. The van der Waals surface area contributed by atoms with Gasteiger partial charge in [-0.1, -0.05) is 40.9 Å². The van der Waals surface area contributed by atoms with Crippen LogP contribution in [0.3, 0.4) is 0 Å². The molecule has 3 rings (SSSR count). The van der Waals surface area contributed by atoms with Crippen LogP contribution >= 0.6 is 34.8 Å². The second kappa shape index (κ2) is 9.73. The van der Waals surface area contributed by atoms with E-state index in [1.807, 2.05) is 17.0 Å². The molecule has 0 unspecified atom stereocenters. The van der Waals surface area contributed by atoms with Crippen molar-refractivity contribution < 1.29 is 9.72 Å². The van der Waals surface area contributed by atoms with Crippen LogP contribution in [0, 0.1) is 10.1 Å². The number of hydrogen-bond acceptors (Lipinski definition) is 5. The quantitative estimate of drug-likeness (QED) is 0.516. The molecule has 0 aliphatic carbocycles. The summed E-state index contributed by atoms with van der Waals surface area (Å²) in [5.74, 6) is -0.223. The molecule has 2 aromatic rings. The molecule has 1 saturated heterocycles. The molecule has 1 heterocycles. The first-order valence-corrected chi connectivity index (χ1v) is 10.1. The molecule has 0 aromatic heterocycles. The SMILES string of the molecule is O=C(CN1CCN(Cc2ccc(Cl)c(Cl)c2)CC1)Nc1ccc(Cl)c([N+](=O)[O-])c1. The summed E-state index contributed by atoms with van der Waals surface area (Å²) >= 11 is 17.8. The van der Waals surface area contributed by atoms with Gasteiger partial charge in [0.15, 0.2) is 0 Å². The van der Waals surface area contributed by atoms with Crippen molar-refractivity contribution in [3.05, 3.63) is 67.1 Å². The number of hydrogen-bond donors (Lipinski definition) is 1. The van der Waals surface area contributed by atoms with Crippen LogP contribution in [0.5, 0.6) is 0 Å². The van der Waals surface area contributed by atoms with Crippen molar-refractivity contribution in [3.8, 4) is 0 Å². The minimum atomic E-state index is -0.578. The minimum absolute atomic E-state index is 0.0334. The first-order chi connectivity index (χ1) is 13.8. The van der Waals surface area contributed by atoms with Crippen molar-refractivity contribution in [1.29, 1.82) is 0 Å². The van der Waals surface area contributed by atoms with Crippen LogP contribution in [0.2, 0.25) is 15.1 Å². The lowest BCUT2D eigenvalue weighted by atomic mass is 10.2. The van der Waals surface area contributed by atoms with Gasteiger partial charge in [-0.05, 0) is 29.8 Å². The number of amides is 1. The number of nitrogens with zero attached hydrogens (tertiary/aromatic N) is 3. The molecule has 2 aromatic carbocycles. The summed E-state index contributed by atoms with van der Waals surface area (Å²) in [4.78, 5) is 27.0. The molecule has 1 aliphatic rings. The van der Waals surface area contributed by atoms with E-state index in [1.54, 1.807) is 12.1 Å². The van der Waals surface area contributed by atoms with Gasteiger partial charge < -0.3 is 5.32 Å². The Balaban J connectivity index is 1.48. The van der Waals surface area contributed by atoms with Gasteiger partial charge in [0.1, 0.15) is 5.02 Å². The molecule has 1 amide bonds. The summed E-state index contributed by atoms with van der Waals surface area (Å²) in [7, 11) is 0. The molecule has 0 radical (unpaired) electrons. The predicted octanol–water partition coefficient (Wildman–Crippen LogP) is 4.31. The Labute approximate surface area is 183 Å². The fourth-order valence-electron chi connectivity index (χ4n) is 3.14. The second-order valence-corrected chi connectivity index (χ2v) is 7.99. The molecule has 0 bridgehead atoms. The lowest BCUT2D eigenvalue weighted by molar-refractivity contribution is -0.384. The zero-order chi connectivity index (χ0) is 21.0. The maximum atomic E-state index is 12.3. The number of rotatable bonds is 6. The van der Waals surface area contributed by atoms with Crippen molar-refractivity contribution in [2.24, 2.45) is 0 Å². The van der Waals surface area contributed by atoms with E-state index in [9.17, 15) is 14.9 Å². The number of nitrogens with one attached hydrogen (secondary N) is 1. The van der Waals surface area contributed by atoms with Gasteiger partial charge in [-0.3, -0.25) is 24.7 Å². The van der Waals surface area contributed by atoms with Gasteiger partial charge in [0.25, 0.3) is 5.69 Å². The highest BCUT2D eigenvalue weighted by Gasteiger charge is 2.20. The van der Waals surface area contributed by atoms with Crippen LogP contribution in [0.15, 0.2) is 36.4 Å². The van der Waals surface area contributed by atoms with Gasteiger partial charge in [-0.15, -0.1) is 0 Å². The van der Waals surface area contributed by atoms with Gasteiger partial charge >= 0.3 is 0 Å². The Morgan fingerprint density at radius 2 is 1.62 bits per heavy atom. The molecule has 0 saturated carbocycles. The standard InChI is InChI=1S/C19H19Cl3N4O3/c20-15-3-1-13(9-17(15)22)11-24-5-7-25(8-6-24)12-19(27)23-14-2-4-16(21)18(10-14)26(28)29/h1-4,9-10H,5-8,11-12H2,(H,23,27). The van der Waals surface area contributed by atoms with Gasteiger partial charge in [0.2, 0.25) is 5.91 Å². The Hall–Kier alpha value is -1.90. The van der Waals surface area contributed by atoms with Gasteiger partial charge in [-0.2, -0.15) is 0 Å². The molecule has 1 fully saturated rings. The zero-order valence-electron chi connectivity index (χ0n) is 15.4. The lowest BCUT2D eigenvalue weighted by Crippen LogP contribution is -2.48. The molecule has 29 heavy (non-hydrogen) atoms. The van der Waals surface area contributed by atoms with Gasteiger partial charge in [0, 0.05) is 44.5 Å². The van der Waals surface area contributed by atoms with E-state index in [1.165, 1.54) is 12.1 Å². The van der Waals surface area contributed by atoms with Gasteiger partial charge in [0.05, 0.1) is 21.5 Å². The summed E-state index contributed by atoms with van der Waals surface area (Å²) < 4.78 is 0. The van der Waals surface area contributed by atoms with E-state index in [2.05, 4.69) is 10.2 Å². The topological polar surface area (TPSA) is 78.7 Å².